The Kier molecular flexibility index (Phi) is 4.82. The summed E-state index contributed by atoms with van der Waals surface area (Å²) < 4.78 is 0. The molecule has 0 bridgehead atoms. The van der Waals surface area contributed by atoms with Crippen molar-refractivity contribution in [2.75, 3.05) is 16.8 Å². The number of para-hydroxylation sites is 1. The zero-order valence-corrected chi connectivity index (χ0v) is 15.4. The average Bonchev–Trinajstić information content (AvgIpc) is 2.95. The van der Waals surface area contributed by atoms with Gasteiger partial charge in [-0.1, -0.05) is 35.9 Å². The van der Waals surface area contributed by atoms with Crippen molar-refractivity contribution < 1.29 is 9.59 Å². The van der Waals surface area contributed by atoms with Crippen molar-refractivity contribution in [3.63, 3.8) is 0 Å². The topological polar surface area (TPSA) is 49.4 Å². The highest BCUT2D eigenvalue weighted by molar-refractivity contribution is 6.31. The van der Waals surface area contributed by atoms with Gasteiger partial charge < -0.3 is 10.2 Å². The van der Waals surface area contributed by atoms with E-state index in [1.165, 1.54) is 0 Å². The third-order valence-corrected chi connectivity index (χ3v) is 4.92. The molecule has 0 saturated carbocycles. The van der Waals surface area contributed by atoms with Crippen LogP contribution in [0.4, 0.5) is 11.4 Å². The fourth-order valence-corrected chi connectivity index (χ4v) is 3.39. The Morgan fingerprint density at radius 1 is 1.12 bits per heavy atom. The summed E-state index contributed by atoms with van der Waals surface area (Å²) in [7, 11) is 0. The standard InChI is InChI=1S/C20H21ClN2O2/c1-12-7-8-16(21)10-17(12)23-11-15(9-18(23)24)20(25)22-19-13(2)5-4-6-14(19)3/h4-8,10,15H,9,11H2,1-3H3,(H,22,25). The minimum atomic E-state index is -0.370. The zero-order chi connectivity index (χ0) is 18.1. The van der Waals surface area contributed by atoms with Gasteiger partial charge in [-0.05, 0) is 49.6 Å². The maximum Gasteiger partial charge on any atom is 0.229 e. The predicted molar refractivity (Wildman–Crippen MR) is 101 cm³/mol. The number of benzene rings is 2. The molecule has 130 valence electrons. The number of anilines is 2. The minimum absolute atomic E-state index is 0.0491. The van der Waals surface area contributed by atoms with Crippen LogP contribution in [0.1, 0.15) is 23.1 Å². The quantitative estimate of drug-likeness (QED) is 0.893. The second-order valence-electron chi connectivity index (χ2n) is 6.59. The summed E-state index contributed by atoms with van der Waals surface area (Å²) in [6, 6.07) is 11.3. The van der Waals surface area contributed by atoms with Gasteiger partial charge in [0.05, 0.1) is 5.92 Å². The van der Waals surface area contributed by atoms with Crippen LogP contribution in [-0.2, 0) is 9.59 Å². The van der Waals surface area contributed by atoms with Crippen LogP contribution in [0.2, 0.25) is 5.02 Å². The lowest BCUT2D eigenvalue weighted by atomic mass is 10.1. The number of nitrogens with one attached hydrogen (secondary N) is 1. The number of carbonyl (C=O) groups is 2. The molecule has 0 aromatic heterocycles. The summed E-state index contributed by atoms with van der Waals surface area (Å²) in [6.07, 6.45) is 0.211. The summed E-state index contributed by atoms with van der Waals surface area (Å²) in [5, 5.41) is 3.58. The van der Waals surface area contributed by atoms with Gasteiger partial charge >= 0.3 is 0 Å². The van der Waals surface area contributed by atoms with Crippen LogP contribution in [0.25, 0.3) is 0 Å². The van der Waals surface area contributed by atoms with Crippen molar-refractivity contribution in [1.82, 2.24) is 0 Å². The fraction of sp³-hybridized carbons (Fsp3) is 0.300. The molecule has 1 aliphatic rings. The molecule has 0 spiro atoms. The van der Waals surface area contributed by atoms with Crippen molar-refractivity contribution in [3.8, 4) is 0 Å². The highest BCUT2D eigenvalue weighted by Gasteiger charge is 2.36. The van der Waals surface area contributed by atoms with Crippen molar-refractivity contribution in [2.45, 2.75) is 27.2 Å². The Morgan fingerprint density at radius 3 is 2.48 bits per heavy atom. The molecule has 1 unspecified atom stereocenters. The van der Waals surface area contributed by atoms with E-state index in [9.17, 15) is 9.59 Å². The second-order valence-corrected chi connectivity index (χ2v) is 7.03. The number of rotatable bonds is 3. The van der Waals surface area contributed by atoms with E-state index in [0.717, 1.165) is 28.1 Å². The lowest BCUT2D eigenvalue weighted by Gasteiger charge is -2.19. The third kappa shape index (κ3) is 3.54. The molecule has 1 fully saturated rings. The molecular formula is C20H21ClN2O2. The van der Waals surface area contributed by atoms with Gasteiger partial charge in [0, 0.05) is 29.4 Å². The van der Waals surface area contributed by atoms with Gasteiger partial charge in [-0.15, -0.1) is 0 Å². The van der Waals surface area contributed by atoms with Crippen molar-refractivity contribution in [3.05, 3.63) is 58.1 Å². The van der Waals surface area contributed by atoms with E-state index in [4.69, 9.17) is 11.6 Å². The molecule has 2 amide bonds. The first-order valence-corrected chi connectivity index (χ1v) is 8.68. The molecule has 4 nitrogen and oxygen atoms in total. The molecule has 1 saturated heterocycles. The van der Waals surface area contributed by atoms with Crippen LogP contribution in [-0.4, -0.2) is 18.4 Å². The average molecular weight is 357 g/mol. The van der Waals surface area contributed by atoms with Gasteiger partial charge in [0.1, 0.15) is 0 Å². The number of halogens is 1. The van der Waals surface area contributed by atoms with Crippen LogP contribution in [0.15, 0.2) is 36.4 Å². The van der Waals surface area contributed by atoms with E-state index >= 15 is 0 Å². The van der Waals surface area contributed by atoms with Crippen LogP contribution in [0.5, 0.6) is 0 Å². The number of aryl methyl sites for hydroxylation is 3. The first-order valence-electron chi connectivity index (χ1n) is 8.30. The van der Waals surface area contributed by atoms with Crippen molar-refractivity contribution >= 4 is 34.8 Å². The van der Waals surface area contributed by atoms with E-state index in [1.807, 2.05) is 45.0 Å². The summed E-state index contributed by atoms with van der Waals surface area (Å²) in [4.78, 5) is 26.8. The van der Waals surface area contributed by atoms with Gasteiger partial charge in [-0.25, -0.2) is 0 Å². The summed E-state index contributed by atoms with van der Waals surface area (Å²) in [6.45, 7) is 6.23. The third-order valence-electron chi connectivity index (χ3n) is 4.69. The minimum Gasteiger partial charge on any atom is -0.325 e. The van der Waals surface area contributed by atoms with Crippen LogP contribution in [0.3, 0.4) is 0 Å². The molecule has 0 radical (unpaired) electrons. The molecule has 0 aliphatic carbocycles. The van der Waals surface area contributed by atoms with E-state index < -0.39 is 0 Å². The Balaban J connectivity index is 1.78. The highest BCUT2D eigenvalue weighted by atomic mass is 35.5. The Bertz CT molecular complexity index is 827. The second kappa shape index (κ2) is 6.89. The molecule has 1 atom stereocenters. The molecule has 1 aliphatic heterocycles. The van der Waals surface area contributed by atoms with Crippen molar-refractivity contribution in [2.24, 2.45) is 5.92 Å². The Labute approximate surface area is 152 Å². The molecule has 1 heterocycles. The van der Waals surface area contributed by atoms with Gasteiger partial charge in [-0.2, -0.15) is 0 Å². The first kappa shape index (κ1) is 17.5. The zero-order valence-electron chi connectivity index (χ0n) is 14.6. The van der Waals surface area contributed by atoms with E-state index in [-0.39, 0.29) is 24.2 Å². The Morgan fingerprint density at radius 2 is 1.80 bits per heavy atom. The molecule has 2 aromatic rings. The number of hydrogen-bond acceptors (Lipinski definition) is 2. The lowest BCUT2D eigenvalue weighted by Crippen LogP contribution is -2.28. The number of amides is 2. The monoisotopic (exact) mass is 356 g/mol. The maximum atomic E-state index is 12.7. The number of hydrogen-bond donors (Lipinski definition) is 1. The van der Waals surface area contributed by atoms with Crippen LogP contribution in [0, 0.1) is 26.7 Å². The van der Waals surface area contributed by atoms with Gasteiger partial charge in [0.25, 0.3) is 0 Å². The first-order chi connectivity index (χ1) is 11.9. The molecular weight excluding hydrogens is 336 g/mol. The van der Waals surface area contributed by atoms with Gasteiger partial charge in [-0.3, -0.25) is 9.59 Å². The Hall–Kier alpha value is -2.33. The lowest BCUT2D eigenvalue weighted by molar-refractivity contribution is -0.122. The van der Waals surface area contributed by atoms with Gasteiger partial charge in [0.15, 0.2) is 0 Å². The largest absolute Gasteiger partial charge is 0.325 e. The SMILES string of the molecule is Cc1ccc(Cl)cc1N1CC(C(=O)Nc2c(C)cccc2C)CC1=O. The molecule has 1 N–H and O–H groups in total. The summed E-state index contributed by atoms with van der Waals surface area (Å²) in [5.74, 6) is -0.537. The fourth-order valence-electron chi connectivity index (χ4n) is 3.23. The van der Waals surface area contributed by atoms with E-state index in [1.54, 1.807) is 17.0 Å². The van der Waals surface area contributed by atoms with E-state index in [2.05, 4.69) is 5.32 Å². The van der Waals surface area contributed by atoms with Crippen molar-refractivity contribution in [1.29, 1.82) is 0 Å². The smallest absolute Gasteiger partial charge is 0.229 e. The highest BCUT2D eigenvalue weighted by Crippen LogP contribution is 2.31. The molecule has 25 heavy (non-hydrogen) atoms. The van der Waals surface area contributed by atoms with E-state index in [0.29, 0.717) is 11.6 Å². The normalized spacial score (nSPS) is 17.0. The molecule has 2 aromatic carbocycles. The maximum absolute atomic E-state index is 12.7. The number of carbonyl (C=O) groups excluding carboxylic acids is 2. The summed E-state index contributed by atoms with van der Waals surface area (Å²) >= 11 is 6.07. The number of nitrogens with zero attached hydrogens (tertiary/aromatic N) is 1. The van der Waals surface area contributed by atoms with Crippen LogP contribution < -0.4 is 10.2 Å². The molecule has 3 rings (SSSR count). The molecule has 5 heteroatoms. The predicted octanol–water partition coefficient (Wildman–Crippen LogP) is 4.26. The van der Waals surface area contributed by atoms with Gasteiger partial charge in [0.2, 0.25) is 11.8 Å². The van der Waals surface area contributed by atoms with Crippen LogP contribution >= 0.6 is 11.6 Å². The summed E-state index contributed by atoms with van der Waals surface area (Å²) in [5.41, 5.74) is 4.60.